The summed E-state index contributed by atoms with van der Waals surface area (Å²) in [4.78, 5) is 19.6. The molecule has 2 heterocycles. The van der Waals surface area contributed by atoms with E-state index in [2.05, 4.69) is 36.5 Å². The van der Waals surface area contributed by atoms with Gasteiger partial charge >= 0.3 is 6.03 Å². The molecule has 0 aliphatic rings. The number of carbonyl (C=O) groups excluding carboxylic acids is 1. The number of hydrogen-bond donors (Lipinski definition) is 2. The van der Waals surface area contributed by atoms with Crippen LogP contribution in [0.1, 0.15) is 0 Å². The molecule has 0 aliphatic heterocycles. The number of halogens is 1. The van der Waals surface area contributed by atoms with Crippen molar-refractivity contribution < 1.29 is 4.79 Å². The Morgan fingerprint density at radius 1 is 1.06 bits per heavy atom. The number of urea groups is 1. The van der Waals surface area contributed by atoms with Crippen molar-refractivity contribution in [3.05, 3.63) is 47.2 Å². The van der Waals surface area contributed by atoms with Gasteiger partial charge < -0.3 is 0 Å². The smallest absolute Gasteiger partial charge is 0.292 e. The highest BCUT2D eigenvalue weighted by Crippen LogP contribution is 2.12. The van der Waals surface area contributed by atoms with Crippen LogP contribution < -0.4 is 10.6 Å². The summed E-state index contributed by atoms with van der Waals surface area (Å²) in [6, 6.07) is 8.38. The summed E-state index contributed by atoms with van der Waals surface area (Å²) < 4.78 is 0.848. The Bertz CT molecular complexity index is 518. The Kier molecular flexibility index (Phi) is 3.66. The molecule has 2 aromatic rings. The van der Waals surface area contributed by atoms with E-state index < -0.39 is 0 Å². The number of aromatic nitrogens is 2. The summed E-state index contributed by atoms with van der Waals surface area (Å²) in [6.45, 7) is 0. The van der Waals surface area contributed by atoms with Crippen LogP contribution in [-0.2, 0) is 0 Å². The van der Waals surface area contributed by atoms with E-state index in [9.17, 15) is 4.79 Å². The van der Waals surface area contributed by atoms with Gasteiger partial charge in [0.1, 0.15) is 11.6 Å². The van der Waals surface area contributed by atoms with E-state index in [1.165, 1.54) is 0 Å². The maximum atomic E-state index is 11.6. The van der Waals surface area contributed by atoms with Crippen molar-refractivity contribution in [1.82, 2.24) is 9.97 Å². The summed E-state index contributed by atoms with van der Waals surface area (Å²) in [5, 5.41) is 5.19. The van der Waals surface area contributed by atoms with Crippen LogP contribution in [0.15, 0.2) is 47.2 Å². The second kappa shape index (κ2) is 5.40. The third-order valence-electron chi connectivity index (χ3n) is 1.87. The third-order valence-corrected chi connectivity index (χ3v) is 2.36. The Morgan fingerprint density at radius 3 is 2.53 bits per heavy atom. The molecule has 2 amide bonds. The van der Waals surface area contributed by atoms with Crippen LogP contribution in [-0.4, -0.2) is 16.0 Å². The molecule has 17 heavy (non-hydrogen) atoms. The summed E-state index contributed by atoms with van der Waals surface area (Å²) >= 11 is 3.29. The normalized spacial score (nSPS) is 9.71. The lowest BCUT2D eigenvalue weighted by Gasteiger charge is -2.05. The number of carbonyl (C=O) groups is 1. The third kappa shape index (κ3) is 3.53. The number of rotatable bonds is 2. The van der Waals surface area contributed by atoms with Crippen molar-refractivity contribution in [2.75, 3.05) is 10.6 Å². The number of nitrogens with one attached hydrogen (secondary N) is 2. The molecule has 6 heteroatoms. The van der Waals surface area contributed by atoms with E-state index >= 15 is 0 Å². The topological polar surface area (TPSA) is 66.9 Å². The van der Waals surface area contributed by atoms with E-state index in [-0.39, 0.29) is 6.03 Å². The first-order valence-electron chi connectivity index (χ1n) is 4.84. The van der Waals surface area contributed by atoms with Gasteiger partial charge in [-0.2, -0.15) is 0 Å². The van der Waals surface area contributed by atoms with Crippen molar-refractivity contribution in [2.24, 2.45) is 0 Å². The van der Waals surface area contributed by atoms with E-state index in [0.717, 1.165) is 4.47 Å². The van der Waals surface area contributed by atoms with Gasteiger partial charge in [0.2, 0.25) is 0 Å². The average molecular weight is 293 g/mol. The molecule has 0 saturated heterocycles. The molecule has 0 aliphatic carbocycles. The maximum Gasteiger partial charge on any atom is 0.326 e. The van der Waals surface area contributed by atoms with Crippen molar-refractivity contribution in [2.45, 2.75) is 0 Å². The fourth-order valence-corrected chi connectivity index (χ4v) is 1.51. The van der Waals surface area contributed by atoms with E-state index in [0.29, 0.717) is 11.6 Å². The molecule has 2 aromatic heterocycles. The molecular formula is C11H9BrN4O. The Morgan fingerprint density at radius 2 is 1.82 bits per heavy atom. The second-order valence-corrected chi connectivity index (χ2v) is 4.07. The number of anilines is 2. The first kappa shape index (κ1) is 11.5. The minimum atomic E-state index is -0.380. The number of nitrogens with zero attached hydrogens (tertiary/aromatic N) is 2. The summed E-state index contributed by atoms with van der Waals surface area (Å²) in [7, 11) is 0. The maximum absolute atomic E-state index is 11.6. The molecule has 86 valence electrons. The summed E-state index contributed by atoms with van der Waals surface area (Å²) in [5.41, 5.74) is 0. The molecular weight excluding hydrogens is 284 g/mol. The Labute approximate surface area is 106 Å². The number of amides is 2. The van der Waals surface area contributed by atoms with Gasteiger partial charge in [-0.15, -0.1) is 0 Å². The van der Waals surface area contributed by atoms with Gasteiger partial charge in [-0.1, -0.05) is 22.0 Å². The quantitative estimate of drug-likeness (QED) is 0.894. The van der Waals surface area contributed by atoms with Crippen molar-refractivity contribution in [3.63, 3.8) is 0 Å². The van der Waals surface area contributed by atoms with Crippen molar-refractivity contribution in [1.29, 1.82) is 0 Å². The van der Waals surface area contributed by atoms with Crippen LogP contribution in [0.3, 0.4) is 0 Å². The minimum Gasteiger partial charge on any atom is -0.292 e. The zero-order valence-corrected chi connectivity index (χ0v) is 10.3. The predicted octanol–water partition coefficient (Wildman–Crippen LogP) is 2.88. The van der Waals surface area contributed by atoms with Crippen LogP contribution in [0.5, 0.6) is 0 Å². The van der Waals surface area contributed by atoms with Crippen LogP contribution in [0.2, 0.25) is 0 Å². The number of pyridine rings is 2. The predicted molar refractivity (Wildman–Crippen MR) is 68.8 cm³/mol. The largest absolute Gasteiger partial charge is 0.326 e. The summed E-state index contributed by atoms with van der Waals surface area (Å²) in [6.07, 6.45) is 3.20. The first-order valence-corrected chi connectivity index (χ1v) is 5.64. The lowest BCUT2D eigenvalue weighted by molar-refractivity contribution is 0.262. The molecule has 0 fully saturated rings. The minimum absolute atomic E-state index is 0.380. The monoisotopic (exact) mass is 292 g/mol. The second-order valence-electron chi connectivity index (χ2n) is 3.15. The average Bonchev–Trinajstić information content (AvgIpc) is 2.30. The van der Waals surface area contributed by atoms with Crippen LogP contribution in [0.25, 0.3) is 0 Å². The molecule has 0 atom stereocenters. The van der Waals surface area contributed by atoms with Gasteiger partial charge in [-0.3, -0.25) is 10.6 Å². The molecule has 0 saturated carbocycles. The van der Waals surface area contributed by atoms with E-state index in [1.54, 1.807) is 42.7 Å². The highest BCUT2D eigenvalue weighted by Gasteiger charge is 2.03. The van der Waals surface area contributed by atoms with Gasteiger partial charge in [-0.25, -0.2) is 14.8 Å². The molecule has 0 spiro atoms. The Balaban J connectivity index is 1.98. The Hall–Kier alpha value is -1.95. The van der Waals surface area contributed by atoms with Gasteiger partial charge in [0.05, 0.1) is 0 Å². The standard InChI is InChI=1S/C11H9BrN4O/c12-8-4-6-14-10(7-8)16-11(17)15-9-3-1-2-5-13-9/h1-7H,(H2,13,14,15,16,17). The molecule has 2 N–H and O–H groups in total. The lowest BCUT2D eigenvalue weighted by Crippen LogP contribution is -2.20. The van der Waals surface area contributed by atoms with Gasteiger partial charge in [0.25, 0.3) is 0 Å². The molecule has 5 nitrogen and oxygen atoms in total. The van der Waals surface area contributed by atoms with Gasteiger partial charge in [0.15, 0.2) is 0 Å². The van der Waals surface area contributed by atoms with E-state index in [1.807, 2.05) is 0 Å². The van der Waals surface area contributed by atoms with Crippen LogP contribution in [0, 0.1) is 0 Å². The highest BCUT2D eigenvalue weighted by atomic mass is 79.9. The number of hydrogen-bond acceptors (Lipinski definition) is 3. The lowest BCUT2D eigenvalue weighted by atomic mass is 10.4. The molecule has 2 rings (SSSR count). The molecule has 0 aromatic carbocycles. The van der Waals surface area contributed by atoms with Crippen LogP contribution >= 0.6 is 15.9 Å². The zero-order valence-electron chi connectivity index (χ0n) is 8.72. The van der Waals surface area contributed by atoms with Crippen molar-refractivity contribution >= 4 is 33.6 Å². The fourth-order valence-electron chi connectivity index (χ4n) is 1.17. The molecule has 0 bridgehead atoms. The molecule has 0 unspecified atom stereocenters. The molecule has 0 radical (unpaired) electrons. The fraction of sp³-hybridized carbons (Fsp3) is 0. The van der Waals surface area contributed by atoms with Crippen LogP contribution in [0.4, 0.5) is 16.4 Å². The summed E-state index contributed by atoms with van der Waals surface area (Å²) in [5.74, 6) is 0.952. The first-order chi connectivity index (χ1) is 8.24. The van der Waals surface area contributed by atoms with Crippen molar-refractivity contribution in [3.8, 4) is 0 Å². The zero-order chi connectivity index (χ0) is 12.1. The van der Waals surface area contributed by atoms with Gasteiger partial charge in [0, 0.05) is 16.9 Å². The van der Waals surface area contributed by atoms with E-state index in [4.69, 9.17) is 0 Å². The SMILES string of the molecule is O=C(Nc1ccccn1)Nc1cc(Br)ccn1. The highest BCUT2D eigenvalue weighted by molar-refractivity contribution is 9.10. The van der Waals surface area contributed by atoms with Gasteiger partial charge in [-0.05, 0) is 24.3 Å².